The van der Waals surface area contributed by atoms with E-state index in [1.807, 2.05) is 72.8 Å². The van der Waals surface area contributed by atoms with E-state index < -0.39 is 12.0 Å². The number of aromatic amines is 1. The second kappa shape index (κ2) is 9.00. The first-order valence-corrected chi connectivity index (χ1v) is 11.2. The van der Waals surface area contributed by atoms with Gasteiger partial charge < -0.3 is 19.7 Å². The van der Waals surface area contributed by atoms with E-state index in [2.05, 4.69) is 20.9 Å². The van der Waals surface area contributed by atoms with Gasteiger partial charge in [-0.15, -0.1) is 0 Å². The Morgan fingerprint density at radius 3 is 2.30 bits per heavy atom. The second-order valence-corrected chi connectivity index (χ2v) is 8.26. The highest BCUT2D eigenvalue weighted by atomic mass is 16.5. The number of hydrogen-bond acceptors (Lipinski definition) is 4. The van der Waals surface area contributed by atoms with Crippen molar-refractivity contribution in [1.82, 2.24) is 9.88 Å². The summed E-state index contributed by atoms with van der Waals surface area (Å²) in [6.45, 7) is 2.74. The number of H-pyrrole nitrogens is 1. The van der Waals surface area contributed by atoms with Crippen LogP contribution >= 0.6 is 0 Å². The summed E-state index contributed by atoms with van der Waals surface area (Å²) >= 11 is 0. The molecule has 5 rings (SSSR count). The maximum atomic E-state index is 12.7. The highest BCUT2D eigenvalue weighted by Crippen LogP contribution is 2.38. The molecule has 0 saturated carbocycles. The van der Waals surface area contributed by atoms with Crippen LogP contribution in [0, 0.1) is 0 Å². The standard InChI is InChI=1S/C27H27N3O3/c1-33-23-14-8-7-13-22(23)29-15-17-30(18-16-29)26(27(31)32)24-20-11-5-6-12-21(20)28-25(24)19-9-3-2-4-10-19/h2-14,26,28H,15-18H2,1H3,(H,31,32)/t26-/m0/s1. The fourth-order valence-corrected chi connectivity index (χ4v) is 4.85. The lowest BCUT2D eigenvalue weighted by Gasteiger charge is -2.39. The first kappa shape index (κ1) is 21.1. The van der Waals surface area contributed by atoms with Gasteiger partial charge in [-0.1, -0.05) is 60.7 Å². The maximum Gasteiger partial charge on any atom is 0.325 e. The normalized spacial score (nSPS) is 15.5. The minimum absolute atomic E-state index is 0.642. The number of ether oxygens (including phenoxy) is 1. The van der Waals surface area contributed by atoms with Crippen molar-refractivity contribution in [3.63, 3.8) is 0 Å². The number of rotatable bonds is 6. The van der Waals surface area contributed by atoms with E-state index in [0.29, 0.717) is 13.1 Å². The molecule has 2 N–H and O–H groups in total. The number of carboxylic acid groups (broad SMARTS) is 1. The van der Waals surface area contributed by atoms with Crippen molar-refractivity contribution in [2.75, 3.05) is 38.2 Å². The van der Waals surface area contributed by atoms with Gasteiger partial charge >= 0.3 is 5.97 Å². The molecule has 0 spiro atoms. The zero-order valence-corrected chi connectivity index (χ0v) is 18.6. The number of carbonyl (C=O) groups is 1. The van der Waals surface area contributed by atoms with Crippen molar-refractivity contribution in [2.45, 2.75) is 6.04 Å². The Balaban J connectivity index is 1.50. The van der Waals surface area contributed by atoms with Crippen molar-refractivity contribution >= 4 is 22.6 Å². The average Bonchev–Trinajstić information content (AvgIpc) is 3.24. The number of anilines is 1. The lowest BCUT2D eigenvalue weighted by atomic mass is 9.97. The molecule has 0 bridgehead atoms. The van der Waals surface area contributed by atoms with E-state index in [0.717, 1.165) is 52.3 Å². The molecule has 1 saturated heterocycles. The fourth-order valence-electron chi connectivity index (χ4n) is 4.85. The number of hydrogen-bond donors (Lipinski definition) is 2. The van der Waals surface area contributed by atoms with Crippen molar-refractivity contribution in [3.05, 3.63) is 84.4 Å². The Morgan fingerprint density at radius 2 is 1.58 bits per heavy atom. The molecule has 0 radical (unpaired) electrons. The molecule has 33 heavy (non-hydrogen) atoms. The topological polar surface area (TPSA) is 68.8 Å². The van der Waals surface area contributed by atoms with Crippen LogP contribution in [0.15, 0.2) is 78.9 Å². The third-order valence-electron chi connectivity index (χ3n) is 6.42. The van der Waals surface area contributed by atoms with E-state index in [-0.39, 0.29) is 0 Å². The first-order valence-electron chi connectivity index (χ1n) is 11.2. The van der Waals surface area contributed by atoms with Crippen LogP contribution in [0.3, 0.4) is 0 Å². The zero-order valence-electron chi connectivity index (χ0n) is 18.6. The number of methoxy groups -OCH3 is 1. The number of aromatic nitrogens is 1. The molecule has 6 nitrogen and oxygen atoms in total. The van der Waals surface area contributed by atoms with Crippen molar-refractivity contribution in [3.8, 4) is 17.0 Å². The van der Waals surface area contributed by atoms with E-state index in [1.54, 1.807) is 7.11 Å². The molecule has 1 atom stereocenters. The second-order valence-electron chi connectivity index (χ2n) is 8.26. The molecule has 0 amide bonds. The summed E-state index contributed by atoms with van der Waals surface area (Å²) in [5.41, 5.74) is 4.68. The smallest absolute Gasteiger partial charge is 0.325 e. The minimum atomic E-state index is -0.831. The van der Waals surface area contributed by atoms with Gasteiger partial charge in [0.25, 0.3) is 0 Å². The molecular weight excluding hydrogens is 414 g/mol. The molecule has 6 heteroatoms. The van der Waals surface area contributed by atoms with E-state index in [4.69, 9.17) is 4.74 Å². The fraction of sp³-hybridized carbons (Fsp3) is 0.222. The van der Waals surface area contributed by atoms with Crippen LogP contribution in [0.5, 0.6) is 5.75 Å². The molecule has 4 aromatic rings. The maximum absolute atomic E-state index is 12.7. The summed E-state index contributed by atoms with van der Waals surface area (Å²) < 4.78 is 5.53. The Morgan fingerprint density at radius 1 is 0.909 bits per heavy atom. The summed E-state index contributed by atoms with van der Waals surface area (Å²) in [5.74, 6) is 0.00593. The molecule has 1 aliphatic rings. The van der Waals surface area contributed by atoms with Gasteiger partial charge in [-0.25, -0.2) is 0 Å². The number of benzene rings is 3. The van der Waals surface area contributed by atoms with Crippen LogP contribution in [-0.2, 0) is 4.79 Å². The lowest BCUT2D eigenvalue weighted by molar-refractivity contribution is -0.143. The number of aliphatic carboxylic acids is 1. The monoisotopic (exact) mass is 441 g/mol. The Bertz CT molecular complexity index is 1260. The van der Waals surface area contributed by atoms with Gasteiger partial charge in [-0.05, 0) is 23.8 Å². The molecule has 3 aromatic carbocycles. The third kappa shape index (κ3) is 3.94. The number of fused-ring (bicyclic) bond motifs is 1. The summed E-state index contributed by atoms with van der Waals surface area (Å²) in [6, 6.07) is 25.1. The molecule has 0 aliphatic carbocycles. The van der Waals surface area contributed by atoms with Crippen LogP contribution in [0.4, 0.5) is 5.69 Å². The third-order valence-corrected chi connectivity index (χ3v) is 6.42. The van der Waals surface area contributed by atoms with Gasteiger partial charge in [0, 0.05) is 42.6 Å². The summed E-state index contributed by atoms with van der Waals surface area (Å²) in [5, 5.41) is 11.4. The molecule has 168 valence electrons. The SMILES string of the molecule is COc1ccccc1N1CCN([C@H](C(=O)O)c2c(-c3ccccc3)[nH]c3ccccc23)CC1. The van der Waals surface area contributed by atoms with Crippen LogP contribution < -0.4 is 9.64 Å². The van der Waals surface area contributed by atoms with E-state index in [1.165, 1.54) is 0 Å². The number of nitrogens with zero attached hydrogens (tertiary/aromatic N) is 2. The lowest BCUT2D eigenvalue weighted by Crippen LogP contribution is -2.49. The predicted molar refractivity (Wildman–Crippen MR) is 131 cm³/mol. The quantitative estimate of drug-likeness (QED) is 0.450. The van der Waals surface area contributed by atoms with Crippen LogP contribution in [0.1, 0.15) is 11.6 Å². The first-order chi connectivity index (χ1) is 16.2. The number of piperazine rings is 1. The average molecular weight is 442 g/mol. The zero-order chi connectivity index (χ0) is 22.8. The van der Waals surface area contributed by atoms with Gasteiger partial charge in [-0.3, -0.25) is 9.69 Å². The Labute approximate surface area is 193 Å². The molecule has 2 heterocycles. The summed E-state index contributed by atoms with van der Waals surface area (Å²) in [4.78, 5) is 20.5. The van der Waals surface area contributed by atoms with Gasteiger partial charge in [-0.2, -0.15) is 0 Å². The number of nitrogens with one attached hydrogen (secondary N) is 1. The van der Waals surface area contributed by atoms with E-state index in [9.17, 15) is 9.90 Å². The highest BCUT2D eigenvalue weighted by molar-refractivity contribution is 5.95. The Kier molecular flexibility index (Phi) is 5.75. The van der Waals surface area contributed by atoms with Crippen LogP contribution in [0.2, 0.25) is 0 Å². The van der Waals surface area contributed by atoms with Crippen molar-refractivity contribution < 1.29 is 14.6 Å². The number of para-hydroxylation sites is 3. The summed E-state index contributed by atoms with van der Waals surface area (Å²) in [6.07, 6.45) is 0. The van der Waals surface area contributed by atoms with Crippen molar-refractivity contribution in [1.29, 1.82) is 0 Å². The number of carboxylic acids is 1. The van der Waals surface area contributed by atoms with Crippen LogP contribution in [0.25, 0.3) is 22.2 Å². The molecule has 1 fully saturated rings. The molecule has 0 unspecified atom stereocenters. The van der Waals surface area contributed by atoms with Gasteiger partial charge in [0.15, 0.2) is 0 Å². The van der Waals surface area contributed by atoms with Gasteiger partial charge in [0.2, 0.25) is 0 Å². The summed E-state index contributed by atoms with van der Waals surface area (Å²) in [7, 11) is 1.68. The highest BCUT2D eigenvalue weighted by Gasteiger charge is 2.34. The van der Waals surface area contributed by atoms with E-state index >= 15 is 0 Å². The largest absolute Gasteiger partial charge is 0.495 e. The molecule has 1 aromatic heterocycles. The van der Waals surface area contributed by atoms with Gasteiger partial charge in [0.05, 0.1) is 18.5 Å². The predicted octanol–water partition coefficient (Wildman–Crippen LogP) is 4.79. The van der Waals surface area contributed by atoms with Gasteiger partial charge in [0.1, 0.15) is 11.8 Å². The minimum Gasteiger partial charge on any atom is -0.495 e. The van der Waals surface area contributed by atoms with Crippen molar-refractivity contribution in [2.24, 2.45) is 0 Å². The molecular formula is C27H27N3O3. The van der Waals surface area contributed by atoms with Crippen LogP contribution in [-0.4, -0.2) is 54.2 Å². The molecule has 1 aliphatic heterocycles. The Hall–Kier alpha value is -3.77.